The van der Waals surface area contributed by atoms with Gasteiger partial charge in [-0.3, -0.25) is 4.79 Å². The molecule has 0 radical (unpaired) electrons. The van der Waals surface area contributed by atoms with Crippen molar-refractivity contribution < 1.29 is 14.3 Å². The average Bonchev–Trinajstić information content (AvgIpc) is 3.26. The van der Waals surface area contributed by atoms with Crippen LogP contribution in [0.4, 0.5) is 5.13 Å². The summed E-state index contributed by atoms with van der Waals surface area (Å²) in [6.07, 6.45) is 0. The molecule has 6 nitrogen and oxygen atoms in total. The summed E-state index contributed by atoms with van der Waals surface area (Å²) < 4.78 is 11.8. The standard InChI is InChI=1S/C19H19N3O3S/c1-11(13-7-8-15-16(9-13)25-10-24-15)20-18(23)12(2)21-19-22-14-5-3-4-6-17(14)26-19/h3-9,11-12H,10H2,1-2H3,(H,20,23)(H,21,22). The van der Waals surface area contributed by atoms with Crippen LogP contribution in [0.3, 0.4) is 0 Å². The highest BCUT2D eigenvalue weighted by Crippen LogP contribution is 2.34. The predicted octanol–water partition coefficient (Wildman–Crippen LogP) is 3.70. The third-order valence-corrected chi connectivity index (χ3v) is 5.25. The van der Waals surface area contributed by atoms with Crippen LogP contribution >= 0.6 is 11.3 Å². The maximum Gasteiger partial charge on any atom is 0.242 e. The number of anilines is 1. The first-order valence-corrected chi connectivity index (χ1v) is 9.24. The van der Waals surface area contributed by atoms with Gasteiger partial charge in [0, 0.05) is 0 Å². The van der Waals surface area contributed by atoms with Gasteiger partial charge in [-0.25, -0.2) is 4.98 Å². The molecule has 4 rings (SSSR count). The molecule has 2 atom stereocenters. The normalized spacial score (nSPS) is 14.8. The highest BCUT2D eigenvalue weighted by molar-refractivity contribution is 7.22. The largest absolute Gasteiger partial charge is 0.454 e. The lowest BCUT2D eigenvalue weighted by Gasteiger charge is -2.18. The molecule has 1 aliphatic rings. The Hall–Kier alpha value is -2.80. The van der Waals surface area contributed by atoms with Crippen molar-refractivity contribution in [3.05, 3.63) is 48.0 Å². The lowest BCUT2D eigenvalue weighted by Crippen LogP contribution is -2.38. The van der Waals surface area contributed by atoms with Gasteiger partial charge >= 0.3 is 0 Å². The number of benzene rings is 2. The van der Waals surface area contributed by atoms with Gasteiger partial charge in [0.25, 0.3) is 0 Å². The van der Waals surface area contributed by atoms with Crippen molar-refractivity contribution in [3.63, 3.8) is 0 Å². The van der Waals surface area contributed by atoms with Crippen LogP contribution in [-0.2, 0) is 4.79 Å². The second kappa shape index (κ2) is 6.84. The summed E-state index contributed by atoms with van der Waals surface area (Å²) in [5.41, 5.74) is 1.90. The molecular formula is C19H19N3O3S. The van der Waals surface area contributed by atoms with Crippen LogP contribution in [0.25, 0.3) is 10.2 Å². The molecule has 1 aromatic heterocycles. The molecule has 0 bridgehead atoms. The Labute approximate surface area is 155 Å². The number of amides is 1. The molecule has 3 aromatic rings. The number of nitrogens with one attached hydrogen (secondary N) is 2. The summed E-state index contributed by atoms with van der Waals surface area (Å²) in [6, 6.07) is 13.1. The lowest BCUT2D eigenvalue weighted by atomic mass is 10.1. The van der Waals surface area contributed by atoms with Gasteiger partial charge in [-0.1, -0.05) is 29.5 Å². The van der Waals surface area contributed by atoms with Crippen molar-refractivity contribution >= 4 is 32.6 Å². The third kappa shape index (κ3) is 3.30. The molecule has 2 N–H and O–H groups in total. The summed E-state index contributed by atoms with van der Waals surface area (Å²) in [4.78, 5) is 17.0. The molecule has 2 unspecified atom stereocenters. The first-order chi connectivity index (χ1) is 12.6. The van der Waals surface area contributed by atoms with Gasteiger partial charge in [-0.15, -0.1) is 0 Å². The summed E-state index contributed by atoms with van der Waals surface area (Å²) in [5.74, 6) is 1.36. The van der Waals surface area contributed by atoms with Crippen LogP contribution in [0, 0.1) is 0 Å². The van der Waals surface area contributed by atoms with E-state index in [1.165, 1.54) is 11.3 Å². The van der Waals surface area contributed by atoms with E-state index in [9.17, 15) is 4.79 Å². The predicted molar refractivity (Wildman–Crippen MR) is 102 cm³/mol. The topological polar surface area (TPSA) is 72.5 Å². The monoisotopic (exact) mass is 369 g/mol. The average molecular weight is 369 g/mol. The second-order valence-electron chi connectivity index (χ2n) is 6.20. The lowest BCUT2D eigenvalue weighted by molar-refractivity contribution is -0.122. The number of hydrogen-bond donors (Lipinski definition) is 2. The second-order valence-corrected chi connectivity index (χ2v) is 7.23. The zero-order chi connectivity index (χ0) is 18.1. The molecule has 26 heavy (non-hydrogen) atoms. The minimum atomic E-state index is -0.396. The SMILES string of the molecule is CC(Nc1nc2ccccc2s1)C(=O)NC(C)c1ccc2c(c1)OCO2. The van der Waals surface area contributed by atoms with Crippen molar-refractivity contribution in [3.8, 4) is 11.5 Å². The van der Waals surface area contributed by atoms with Crippen LogP contribution in [0.5, 0.6) is 11.5 Å². The van der Waals surface area contributed by atoms with Gasteiger partial charge in [0.15, 0.2) is 16.6 Å². The molecule has 0 fully saturated rings. The first kappa shape index (κ1) is 16.7. The fourth-order valence-corrected chi connectivity index (χ4v) is 3.74. The fraction of sp³-hybridized carbons (Fsp3) is 0.263. The van der Waals surface area contributed by atoms with Crippen LogP contribution < -0.4 is 20.1 Å². The number of ether oxygens (including phenoxy) is 2. The number of carbonyl (C=O) groups is 1. The minimum absolute atomic E-state index is 0.0885. The molecule has 1 aliphatic heterocycles. The molecule has 134 valence electrons. The van der Waals surface area contributed by atoms with Crippen molar-refractivity contribution in [1.82, 2.24) is 10.3 Å². The Morgan fingerprint density at radius 1 is 1.15 bits per heavy atom. The van der Waals surface area contributed by atoms with E-state index >= 15 is 0 Å². The van der Waals surface area contributed by atoms with E-state index in [-0.39, 0.29) is 18.7 Å². The fourth-order valence-electron chi connectivity index (χ4n) is 2.79. The van der Waals surface area contributed by atoms with E-state index < -0.39 is 6.04 Å². The van der Waals surface area contributed by atoms with Gasteiger partial charge in [-0.05, 0) is 43.7 Å². The van der Waals surface area contributed by atoms with Gasteiger partial charge in [-0.2, -0.15) is 0 Å². The zero-order valence-corrected chi connectivity index (χ0v) is 15.3. The van der Waals surface area contributed by atoms with Crippen LogP contribution in [-0.4, -0.2) is 23.7 Å². The van der Waals surface area contributed by atoms with Gasteiger partial charge in [0.05, 0.1) is 16.3 Å². The minimum Gasteiger partial charge on any atom is -0.454 e. The van der Waals surface area contributed by atoms with Crippen molar-refractivity contribution in [2.45, 2.75) is 25.9 Å². The van der Waals surface area contributed by atoms with E-state index in [1.807, 2.05) is 56.3 Å². The maximum absolute atomic E-state index is 12.5. The molecule has 0 aliphatic carbocycles. The number of fused-ring (bicyclic) bond motifs is 2. The van der Waals surface area contributed by atoms with E-state index in [0.717, 1.165) is 26.7 Å². The van der Waals surface area contributed by atoms with E-state index in [0.29, 0.717) is 5.75 Å². The van der Waals surface area contributed by atoms with Crippen LogP contribution in [0.1, 0.15) is 25.5 Å². The molecule has 1 amide bonds. The molecule has 2 heterocycles. The number of rotatable bonds is 5. The number of aromatic nitrogens is 1. The third-order valence-electron chi connectivity index (χ3n) is 4.28. The smallest absolute Gasteiger partial charge is 0.242 e. The Morgan fingerprint density at radius 3 is 2.81 bits per heavy atom. The molecular weight excluding hydrogens is 350 g/mol. The van der Waals surface area contributed by atoms with Crippen molar-refractivity contribution in [2.24, 2.45) is 0 Å². The summed E-state index contributed by atoms with van der Waals surface area (Å²) >= 11 is 1.54. The molecule has 0 saturated heterocycles. The number of para-hydroxylation sites is 1. The Bertz CT molecular complexity index is 923. The highest BCUT2D eigenvalue weighted by atomic mass is 32.1. The van der Waals surface area contributed by atoms with E-state index in [1.54, 1.807) is 0 Å². The van der Waals surface area contributed by atoms with Gasteiger partial charge < -0.3 is 20.1 Å². The molecule has 0 spiro atoms. The van der Waals surface area contributed by atoms with Crippen LogP contribution in [0.15, 0.2) is 42.5 Å². The van der Waals surface area contributed by atoms with Gasteiger partial charge in [0.1, 0.15) is 6.04 Å². The Morgan fingerprint density at radius 2 is 1.96 bits per heavy atom. The molecule has 7 heteroatoms. The quantitative estimate of drug-likeness (QED) is 0.717. The van der Waals surface area contributed by atoms with E-state index in [2.05, 4.69) is 15.6 Å². The first-order valence-electron chi connectivity index (χ1n) is 8.42. The zero-order valence-electron chi connectivity index (χ0n) is 14.5. The number of carbonyl (C=O) groups excluding carboxylic acids is 1. The van der Waals surface area contributed by atoms with E-state index in [4.69, 9.17) is 9.47 Å². The van der Waals surface area contributed by atoms with Gasteiger partial charge in [0.2, 0.25) is 12.7 Å². The number of hydrogen-bond acceptors (Lipinski definition) is 6. The molecule has 2 aromatic carbocycles. The Kier molecular flexibility index (Phi) is 4.38. The Balaban J connectivity index is 1.40. The number of thiazole rings is 1. The summed E-state index contributed by atoms with van der Waals surface area (Å²) in [5, 5.41) is 6.94. The highest BCUT2D eigenvalue weighted by Gasteiger charge is 2.20. The van der Waals surface area contributed by atoms with Crippen molar-refractivity contribution in [1.29, 1.82) is 0 Å². The summed E-state index contributed by atoms with van der Waals surface area (Å²) in [6.45, 7) is 4.01. The summed E-state index contributed by atoms with van der Waals surface area (Å²) in [7, 11) is 0. The van der Waals surface area contributed by atoms with Crippen molar-refractivity contribution in [2.75, 3.05) is 12.1 Å². The maximum atomic E-state index is 12.5. The van der Waals surface area contributed by atoms with Crippen LogP contribution in [0.2, 0.25) is 0 Å². The molecule has 0 saturated carbocycles. The number of nitrogens with zero attached hydrogens (tertiary/aromatic N) is 1.